The number of benzene rings is 4. The van der Waals surface area contributed by atoms with Crippen molar-refractivity contribution in [1.29, 1.82) is 0 Å². The van der Waals surface area contributed by atoms with Crippen molar-refractivity contribution in [3.8, 4) is 45.4 Å². The van der Waals surface area contributed by atoms with Crippen LogP contribution in [0.1, 0.15) is 0 Å². The second-order valence-corrected chi connectivity index (χ2v) is 14.1. The summed E-state index contributed by atoms with van der Waals surface area (Å²) in [4.78, 5) is 30.1. The van der Waals surface area contributed by atoms with Crippen molar-refractivity contribution in [3.05, 3.63) is 91.0 Å². The van der Waals surface area contributed by atoms with Crippen molar-refractivity contribution >= 4 is 64.2 Å². The molecule has 0 aliphatic carbocycles. The molecule has 15 heteroatoms. The molecule has 5 heterocycles. The van der Waals surface area contributed by atoms with Gasteiger partial charge >= 0.3 is 0 Å². The average Bonchev–Trinajstić information content (AvgIpc) is 3.79. The molecule has 7 aromatic rings. The Morgan fingerprint density at radius 3 is 1.60 bits per heavy atom. The molecule has 234 valence electrons. The highest BCUT2D eigenvalue weighted by molar-refractivity contribution is 7.86. The standard InChI is InChI=1S/C33H19N7O6S2/c41-47(42,43)16-10-12-23-24(13-16)27-15-26-18-11-9-17(48(44,45)46)14-25(18)33(34-26)40-32-22-8-4-3-7-21(22)31(39-32)38-30-20-6-2-1-5-19(20)29(37-30)36-28(23)35-27/h1-15H,(H,41,42,43)(H,44,45,46)(H2,34,35,36,37,38,39,40). The number of aromatic nitrogens is 7. The van der Waals surface area contributed by atoms with E-state index in [0.29, 0.717) is 61.6 Å². The van der Waals surface area contributed by atoms with E-state index in [9.17, 15) is 25.9 Å². The fraction of sp³-hybridized carbons (Fsp3) is 0. The predicted molar refractivity (Wildman–Crippen MR) is 178 cm³/mol. The summed E-state index contributed by atoms with van der Waals surface area (Å²) < 4.78 is 68.2. The van der Waals surface area contributed by atoms with E-state index in [-0.39, 0.29) is 21.3 Å². The first-order valence-electron chi connectivity index (χ1n) is 14.4. The molecule has 0 atom stereocenters. The van der Waals surface area contributed by atoms with Crippen LogP contribution in [0.25, 0.3) is 89.4 Å². The zero-order valence-electron chi connectivity index (χ0n) is 24.2. The number of rotatable bonds is 2. The van der Waals surface area contributed by atoms with Gasteiger partial charge in [0.1, 0.15) is 16.9 Å². The molecule has 3 aromatic heterocycles. The maximum absolute atomic E-state index is 12.1. The molecule has 4 aromatic carbocycles. The molecule has 4 N–H and O–H groups in total. The summed E-state index contributed by atoms with van der Waals surface area (Å²) in [6.07, 6.45) is 0. The lowest BCUT2D eigenvalue weighted by Gasteiger charge is -2.02. The van der Waals surface area contributed by atoms with E-state index in [4.69, 9.17) is 24.9 Å². The minimum absolute atomic E-state index is 0.246. The summed E-state index contributed by atoms with van der Waals surface area (Å²) in [5.74, 6) is 0.992. The molecule has 13 nitrogen and oxygen atoms in total. The van der Waals surface area contributed by atoms with E-state index in [1.54, 1.807) is 6.07 Å². The Hall–Kier alpha value is -5.87. The first kappa shape index (κ1) is 28.4. The van der Waals surface area contributed by atoms with Gasteiger partial charge in [0.25, 0.3) is 20.2 Å². The summed E-state index contributed by atoms with van der Waals surface area (Å²) in [6, 6.07) is 24.9. The van der Waals surface area contributed by atoms with Crippen LogP contribution in [-0.4, -0.2) is 60.8 Å². The Bertz CT molecular complexity index is 2970. The predicted octanol–water partition coefficient (Wildman–Crippen LogP) is 5.97. The zero-order chi connectivity index (χ0) is 32.9. The van der Waals surface area contributed by atoms with Gasteiger partial charge in [-0.3, -0.25) is 9.11 Å². The smallest absolute Gasteiger partial charge is 0.294 e. The SMILES string of the molecule is O=S(=O)(O)c1ccc2c(c1)-c1cc3[nH]c(nc4nc(nc5[nH]c(nc-2n1)c1ccccc51)-c1ccccc1-4)c1cc(S(=O)(=O)O)ccc31. The fourth-order valence-electron chi connectivity index (χ4n) is 6.14. The van der Waals surface area contributed by atoms with Crippen LogP contribution in [0.5, 0.6) is 0 Å². The van der Waals surface area contributed by atoms with Gasteiger partial charge in [-0.15, -0.1) is 0 Å². The van der Waals surface area contributed by atoms with Gasteiger partial charge in [0, 0.05) is 49.3 Å². The Labute approximate surface area is 270 Å². The summed E-state index contributed by atoms with van der Waals surface area (Å²) in [7, 11) is -9.11. The minimum atomic E-state index is -4.56. The molecule has 0 spiro atoms. The molecule has 0 saturated carbocycles. The van der Waals surface area contributed by atoms with E-state index < -0.39 is 20.2 Å². The van der Waals surface area contributed by atoms with Crippen LogP contribution >= 0.6 is 0 Å². The molecule has 9 rings (SSSR count). The van der Waals surface area contributed by atoms with Crippen LogP contribution in [0.15, 0.2) is 101 Å². The topological polar surface area (TPSA) is 205 Å². The number of hydrogen-bond acceptors (Lipinski definition) is 9. The van der Waals surface area contributed by atoms with E-state index in [0.717, 1.165) is 16.3 Å². The molecular formula is C33H19N7O6S2. The Balaban J connectivity index is 1.49. The number of hydrogen-bond donors (Lipinski definition) is 4. The van der Waals surface area contributed by atoms with E-state index >= 15 is 0 Å². The van der Waals surface area contributed by atoms with Crippen molar-refractivity contribution in [1.82, 2.24) is 34.9 Å². The van der Waals surface area contributed by atoms with Crippen LogP contribution in [0.4, 0.5) is 0 Å². The molecule has 0 unspecified atom stereocenters. The summed E-state index contributed by atoms with van der Waals surface area (Å²) in [6.45, 7) is 0. The van der Waals surface area contributed by atoms with Gasteiger partial charge in [-0.05, 0) is 36.4 Å². The highest BCUT2D eigenvalue weighted by atomic mass is 32.2. The molecule has 48 heavy (non-hydrogen) atoms. The average molecular weight is 674 g/mol. The van der Waals surface area contributed by atoms with Crippen LogP contribution in [0.3, 0.4) is 0 Å². The van der Waals surface area contributed by atoms with Gasteiger partial charge in [-0.25, -0.2) is 24.9 Å². The van der Waals surface area contributed by atoms with Crippen molar-refractivity contribution < 1.29 is 25.9 Å². The van der Waals surface area contributed by atoms with Gasteiger partial charge < -0.3 is 9.97 Å². The quantitative estimate of drug-likeness (QED) is 0.157. The van der Waals surface area contributed by atoms with E-state index in [1.807, 2.05) is 48.5 Å². The molecule has 0 amide bonds. The molecule has 8 bridgehead atoms. The van der Waals surface area contributed by atoms with Crippen LogP contribution in [0, 0.1) is 0 Å². The first-order valence-corrected chi connectivity index (χ1v) is 17.3. The highest BCUT2D eigenvalue weighted by Gasteiger charge is 2.24. The summed E-state index contributed by atoms with van der Waals surface area (Å²) in [5, 5.41) is 2.45. The number of nitrogens with zero attached hydrogens (tertiary/aromatic N) is 5. The third-order valence-corrected chi connectivity index (χ3v) is 10.0. The largest absolute Gasteiger partial charge is 0.339 e. The molecule has 0 saturated heterocycles. The second-order valence-electron chi connectivity index (χ2n) is 11.2. The molecular weight excluding hydrogens is 655 g/mol. The number of aromatic amines is 2. The molecule has 0 fully saturated rings. The third-order valence-electron chi connectivity index (χ3n) is 8.35. The van der Waals surface area contributed by atoms with Crippen LogP contribution in [-0.2, 0) is 20.2 Å². The van der Waals surface area contributed by atoms with Crippen molar-refractivity contribution in [2.45, 2.75) is 9.79 Å². The maximum Gasteiger partial charge on any atom is 0.294 e. The number of H-pyrrole nitrogens is 2. The lowest BCUT2D eigenvalue weighted by molar-refractivity contribution is 0.481. The van der Waals surface area contributed by atoms with Gasteiger partial charge in [0.05, 0.1) is 15.5 Å². The third kappa shape index (κ3) is 4.40. The maximum atomic E-state index is 12.1. The number of nitrogens with one attached hydrogen (secondary N) is 2. The van der Waals surface area contributed by atoms with Crippen molar-refractivity contribution in [2.75, 3.05) is 0 Å². The van der Waals surface area contributed by atoms with Crippen molar-refractivity contribution in [3.63, 3.8) is 0 Å². The van der Waals surface area contributed by atoms with E-state index in [1.165, 1.54) is 36.4 Å². The Kier molecular flexibility index (Phi) is 5.80. The normalized spacial score (nSPS) is 12.7. The highest BCUT2D eigenvalue weighted by Crippen LogP contribution is 2.39. The fourth-order valence-corrected chi connectivity index (χ4v) is 7.15. The van der Waals surface area contributed by atoms with E-state index in [2.05, 4.69) is 9.97 Å². The van der Waals surface area contributed by atoms with Gasteiger partial charge in [-0.1, -0.05) is 54.6 Å². The van der Waals surface area contributed by atoms with Crippen LogP contribution < -0.4 is 0 Å². The molecule has 2 aliphatic heterocycles. The minimum Gasteiger partial charge on any atom is -0.339 e. The molecule has 2 aliphatic rings. The lowest BCUT2D eigenvalue weighted by Crippen LogP contribution is -1.98. The summed E-state index contributed by atoms with van der Waals surface area (Å²) in [5.41, 5.74) is 4.31. The van der Waals surface area contributed by atoms with Gasteiger partial charge in [0.15, 0.2) is 17.5 Å². The van der Waals surface area contributed by atoms with Crippen LogP contribution in [0.2, 0.25) is 0 Å². The van der Waals surface area contributed by atoms with Gasteiger partial charge in [-0.2, -0.15) is 16.8 Å². The van der Waals surface area contributed by atoms with Crippen molar-refractivity contribution in [2.24, 2.45) is 0 Å². The second kappa shape index (κ2) is 9.82. The Morgan fingerprint density at radius 1 is 0.458 bits per heavy atom. The monoisotopic (exact) mass is 673 g/mol. The first-order chi connectivity index (χ1) is 23.0. The lowest BCUT2D eigenvalue weighted by atomic mass is 10.1. The Morgan fingerprint density at radius 2 is 0.979 bits per heavy atom. The zero-order valence-corrected chi connectivity index (χ0v) is 25.9. The summed E-state index contributed by atoms with van der Waals surface area (Å²) >= 11 is 0. The number of fused-ring (bicyclic) bond motifs is 20. The molecule has 0 radical (unpaired) electrons. The van der Waals surface area contributed by atoms with Gasteiger partial charge in [0.2, 0.25) is 0 Å².